The monoisotopic (exact) mass is 412 g/mol. The van der Waals surface area contributed by atoms with Crippen molar-refractivity contribution < 1.29 is 19.1 Å². The fraction of sp³-hybridized carbons (Fsp3) is 0.318. The van der Waals surface area contributed by atoms with Gasteiger partial charge in [-0.25, -0.2) is 0 Å². The Kier molecular flexibility index (Phi) is 5.53. The van der Waals surface area contributed by atoms with Gasteiger partial charge in [0, 0.05) is 23.2 Å². The van der Waals surface area contributed by atoms with Crippen LogP contribution in [0.3, 0.4) is 0 Å². The fourth-order valence-electron chi connectivity index (χ4n) is 3.85. The zero-order chi connectivity index (χ0) is 20.4. The van der Waals surface area contributed by atoms with E-state index in [0.29, 0.717) is 47.7 Å². The Morgan fingerprint density at radius 3 is 2.86 bits per heavy atom. The first-order valence-corrected chi connectivity index (χ1v) is 10.0. The summed E-state index contributed by atoms with van der Waals surface area (Å²) in [6.07, 6.45) is 3.21. The molecule has 1 atom stereocenters. The molecule has 0 spiro atoms. The first kappa shape index (κ1) is 19.5. The van der Waals surface area contributed by atoms with Crippen molar-refractivity contribution in [3.63, 3.8) is 0 Å². The minimum absolute atomic E-state index is 0.0870. The van der Waals surface area contributed by atoms with Crippen LogP contribution in [-0.4, -0.2) is 35.6 Å². The molecular formula is C22H21ClN2O4. The number of hydrogen-bond acceptors (Lipinski definition) is 4. The van der Waals surface area contributed by atoms with Crippen LogP contribution in [0.5, 0.6) is 5.75 Å². The summed E-state index contributed by atoms with van der Waals surface area (Å²) < 4.78 is 5.97. The summed E-state index contributed by atoms with van der Waals surface area (Å²) in [5.41, 5.74) is 2.63. The number of amides is 2. The number of benzene rings is 2. The minimum Gasteiger partial charge on any atom is -0.489 e. The molecule has 2 aliphatic rings. The number of fused-ring (bicyclic) bond motifs is 1. The van der Waals surface area contributed by atoms with Gasteiger partial charge in [0.05, 0.1) is 11.6 Å². The average Bonchev–Trinajstić information content (AvgIpc) is 2.91. The molecule has 6 nitrogen and oxygen atoms in total. The Hall–Kier alpha value is -2.86. The number of ether oxygens (including phenoxy) is 1. The second kappa shape index (κ2) is 8.25. The van der Waals surface area contributed by atoms with Crippen molar-refractivity contribution in [3.8, 4) is 5.75 Å². The van der Waals surface area contributed by atoms with Crippen LogP contribution >= 0.6 is 11.6 Å². The van der Waals surface area contributed by atoms with Gasteiger partial charge < -0.3 is 15.0 Å². The van der Waals surface area contributed by atoms with Crippen molar-refractivity contribution in [3.05, 3.63) is 63.7 Å². The van der Waals surface area contributed by atoms with Gasteiger partial charge in [-0.15, -0.1) is 0 Å². The van der Waals surface area contributed by atoms with E-state index in [1.165, 1.54) is 0 Å². The fourth-order valence-corrected chi connectivity index (χ4v) is 4.10. The molecule has 7 heteroatoms. The van der Waals surface area contributed by atoms with E-state index in [1.54, 1.807) is 35.2 Å². The van der Waals surface area contributed by atoms with E-state index in [0.717, 1.165) is 24.0 Å². The summed E-state index contributed by atoms with van der Waals surface area (Å²) in [5.74, 6) is 0.393. The van der Waals surface area contributed by atoms with Crippen LogP contribution in [0.1, 0.15) is 51.1 Å². The molecule has 4 rings (SSSR count). The van der Waals surface area contributed by atoms with Crippen LogP contribution in [0.2, 0.25) is 5.02 Å². The van der Waals surface area contributed by atoms with Gasteiger partial charge in [0.1, 0.15) is 18.4 Å². The summed E-state index contributed by atoms with van der Waals surface area (Å²) in [6, 6.07) is 10.1. The highest BCUT2D eigenvalue weighted by molar-refractivity contribution is 6.33. The smallest absolute Gasteiger partial charge is 0.255 e. The first-order chi connectivity index (χ1) is 14.1. The number of halogens is 1. The van der Waals surface area contributed by atoms with Gasteiger partial charge >= 0.3 is 0 Å². The molecule has 1 fully saturated rings. The van der Waals surface area contributed by atoms with Gasteiger partial charge in [-0.3, -0.25) is 14.4 Å². The lowest BCUT2D eigenvalue weighted by molar-refractivity contribution is -0.125. The lowest BCUT2D eigenvalue weighted by atomic mass is 10.1. The van der Waals surface area contributed by atoms with Crippen LogP contribution in [0.15, 0.2) is 36.4 Å². The molecule has 2 amide bonds. The molecule has 2 aromatic rings. The highest BCUT2D eigenvalue weighted by Crippen LogP contribution is 2.34. The summed E-state index contributed by atoms with van der Waals surface area (Å²) in [4.78, 5) is 37.9. The number of rotatable bonds is 5. The molecular weight excluding hydrogens is 392 g/mol. The predicted octanol–water partition coefficient (Wildman–Crippen LogP) is 3.36. The van der Waals surface area contributed by atoms with Crippen molar-refractivity contribution in [1.82, 2.24) is 10.2 Å². The number of carbonyl (C=O) groups excluding carboxylic acids is 3. The van der Waals surface area contributed by atoms with Gasteiger partial charge in [-0.05, 0) is 49.1 Å². The molecule has 2 aliphatic heterocycles. The van der Waals surface area contributed by atoms with Crippen LogP contribution in [-0.2, 0) is 17.9 Å². The van der Waals surface area contributed by atoms with Crippen LogP contribution < -0.4 is 10.1 Å². The third-order valence-corrected chi connectivity index (χ3v) is 5.75. The van der Waals surface area contributed by atoms with Crippen molar-refractivity contribution in [2.24, 2.45) is 0 Å². The Bertz CT molecular complexity index is 975. The maximum absolute atomic E-state index is 12.9. The number of aldehydes is 1. The van der Waals surface area contributed by atoms with E-state index < -0.39 is 6.04 Å². The minimum atomic E-state index is -0.444. The lowest BCUT2D eigenvalue weighted by Gasteiger charge is -2.25. The Morgan fingerprint density at radius 1 is 1.21 bits per heavy atom. The molecule has 0 radical (unpaired) electrons. The summed E-state index contributed by atoms with van der Waals surface area (Å²) in [6.45, 7) is 1.27. The highest BCUT2D eigenvalue weighted by atomic mass is 35.5. The van der Waals surface area contributed by atoms with Crippen molar-refractivity contribution in [1.29, 1.82) is 0 Å². The van der Waals surface area contributed by atoms with Crippen molar-refractivity contribution in [2.75, 3.05) is 6.54 Å². The summed E-state index contributed by atoms with van der Waals surface area (Å²) in [5, 5.41) is 3.27. The molecule has 1 N–H and O–H groups in total. The highest BCUT2D eigenvalue weighted by Gasteiger charge is 2.38. The maximum Gasteiger partial charge on any atom is 0.255 e. The van der Waals surface area contributed by atoms with Gasteiger partial charge in [-0.2, -0.15) is 0 Å². The molecule has 2 aromatic carbocycles. The largest absolute Gasteiger partial charge is 0.489 e. The van der Waals surface area contributed by atoms with Crippen LogP contribution in [0.4, 0.5) is 0 Å². The summed E-state index contributed by atoms with van der Waals surface area (Å²) >= 11 is 6.08. The van der Waals surface area contributed by atoms with E-state index in [4.69, 9.17) is 16.3 Å². The standard InChI is InChI=1S/C22H21ClN2O4/c23-18-10-14(7-8-15(18)12-26)13-29-20-6-3-4-16-17(20)11-25(22(16)28)19-5-1-2-9-24-21(19)27/h3-4,6-8,10,12,19H,1-2,5,9,11,13H2,(H,24,27)/t19-/m0/s1. The Morgan fingerprint density at radius 2 is 2.07 bits per heavy atom. The third-order valence-electron chi connectivity index (χ3n) is 5.42. The van der Waals surface area contributed by atoms with E-state index in [1.807, 2.05) is 6.07 Å². The van der Waals surface area contributed by atoms with Gasteiger partial charge in [-0.1, -0.05) is 23.7 Å². The zero-order valence-corrected chi connectivity index (χ0v) is 16.6. The second-order valence-electron chi connectivity index (χ2n) is 7.28. The second-order valence-corrected chi connectivity index (χ2v) is 7.69. The average molecular weight is 413 g/mol. The number of carbonyl (C=O) groups is 3. The summed E-state index contributed by atoms with van der Waals surface area (Å²) in [7, 11) is 0. The van der Waals surface area contributed by atoms with Crippen molar-refractivity contribution in [2.45, 2.75) is 38.5 Å². The molecule has 2 heterocycles. The van der Waals surface area contributed by atoms with Crippen molar-refractivity contribution >= 4 is 29.7 Å². The molecule has 0 aliphatic carbocycles. The lowest BCUT2D eigenvalue weighted by Crippen LogP contribution is -2.45. The quantitative estimate of drug-likeness (QED) is 0.764. The molecule has 29 heavy (non-hydrogen) atoms. The Labute approximate surface area is 173 Å². The molecule has 0 saturated carbocycles. The number of nitrogens with zero attached hydrogens (tertiary/aromatic N) is 1. The third kappa shape index (κ3) is 3.85. The SMILES string of the molecule is O=Cc1ccc(COc2cccc3c2CN([C@H]2CCCCNC2=O)C3=O)cc1Cl. The van der Waals surface area contributed by atoms with E-state index in [9.17, 15) is 14.4 Å². The molecule has 150 valence electrons. The molecule has 0 aromatic heterocycles. The van der Waals surface area contributed by atoms with E-state index in [-0.39, 0.29) is 18.4 Å². The molecule has 1 saturated heterocycles. The van der Waals surface area contributed by atoms with Gasteiger partial charge in [0.2, 0.25) is 5.91 Å². The van der Waals surface area contributed by atoms with E-state index in [2.05, 4.69) is 5.32 Å². The maximum atomic E-state index is 12.9. The zero-order valence-electron chi connectivity index (χ0n) is 15.8. The molecule has 0 bridgehead atoms. The normalized spacial score (nSPS) is 18.8. The van der Waals surface area contributed by atoms with Crippen LogP contribution in [0.25, 0.3) is 0 Å². The van der Waals surface area contributed by atoms with Gasteiger partial charge in [0.15, 0.2) is 6.29 Å². The number of nitrogens with one attached hydrogen (secondary N) is 1. The van der Waals surface area contributed by atoms with Gasteiger partial charge in [0.25, 0.3) is 5.91 Å². The Balaban J connectivity index is 1.53. The first-order valence-electron chi connectivity index (χ1n) is 9.65. The predicted molar refractivity (Wildman–Crippen MR) is 108 cm³/mol. The number of hydrogen-bond donors (Lipinski definition) is 1. The molecule has 0 unspecified atom stereocenters. The topological polar surface area (TPSA) is 75.7 Å². The van der Waals surface area contributed by atoms with E-state index >= 15 is 0 Å². The van der Waals surface area contributed by atoms with Crippen LogP contribution in [0, 0.1) is 0 Å².